The van der Waals surface area contributed by atoms with Gasteiger partial charge in [0.15, 0.2) is 0 Å². The van der Waals surface area contributed by atoms with Crippen LogP contribution in [0.4, 0.5) is 0 Å². The van der Waals surface area contributed by atoms with Gasteiger partial charge >= 0.3 is 5.97 Å². The third-order valence-electron chi connectivity index (χ3n) is 3.85. The third kappa shape index (κ3) is 3.44. The van der Waals surface area contributed by atoms with E-state index in [1.165, 1.54) is 13.2 Å². The molecule has 0 aliphatic rings. The van der Waals surface area contributed by atoms with E-state index in [4.69, 9.17) is 10.8 Å². The Kier molecular flexibility index (Phi) is 5.32. The van der Waals surface area contributed by atoms with Crippen LogP contribution in [0.1, 0.15) is 15.9 Å². The number of fused-ring (bicyclic) bond motifs is 1. The summed E-state index contributed by atoms with van der Waals surface area (Å²) in [5.41, 5.74) is 6.73. The number of carbonyl (C=O) groups excluding carboxylic acids is 1. The Morgan fingerprint density at radius 3 is 2.67 bits per heavy atom. The first kappa shape index (κ1) is 17.6. The summed E-state index contributed by atoms with van der Waals surface area (Å²) in [6.45, 7) is 0.227. The molecule has 0 aliphatic carbocycles. The van der Waals surface area contributed by atoms with Gasteiger partial charge in [0, 0.05) is 31.7 Å². The number of carboxylic acid groups (broad SMARTS) is 1. The van der Waals surface area contributed by atoms with Gasteiger partial charge in [0.05, 0.1) is 5.52 Å². The van der Waals surface area contributed by atoms with Gasteiger partial charge in [-0.1, -0.05) is 6.07 Å². The summed E-state index contributed by atoms with van der Waals surface area (Å²) in [5, 5.41) is 14.4. The Labute approximate surface area is 138 Å². The molecule has 0 unspecified atom stereocenters. The number of rotatable bonds is 6. The Balaban J connectivity index is 2.36. The molecule has 2 rings (SSSR count). The number of amides is 1. The van der Waals surface area contributed by atoms with E-state index in [0.717, 1.165) is 5.56 Å². The van der Waals surface area contributed by atoms with Crippen molar-refractivity contribution in [2.45, 2.75) is 12.6 Å². The molecule has 0 saturated carbocycles. The molecule has 8 nitrogen and oxygen atoms in total. The number of likely N-dealkylation sites (N-methyl/N-ethyl adjacent to an activating group) is 1. The number of pyridine rings is 1. The highest BCUT2D eigenvalue weighted by atomic mass is 16.4. The molecule has 1 amide bonds. The van der Waals surface area contributed by atoms with E-state index < -0.39 is 23.3 Å². The van der Waals surface area contributed by atoms with E-state index in [2.05, 4.69) is 10.6 Å². The minimum atomic E-state index is -1.08. The van der Waals surface area contributed by atoms with Crippen molar-refractivity contribution < 1.29 is 14.7 Å². The minimum Gasteiger partial charge on any atom is -0.480 e. The summed E-state index contributed by atoms with van der Waals surface area (Å²) in [4.78, 5) is 35.7. The molecule has 2 aromatic rings. The zero-order valence-electron chi connectivity index (χ0n) is 13.5. The lowest BCUT2D eigenvalue weighted by atomic mass is 10.1. The van der Waals surface area contributed by atoms with E-state index in [1.54, 1.807) is 29.8 Å². The van der Waals surface area contributed by atoms with Crippen LogP contribution in [0.2, 0.25) is 0 Å². The van der Waals surface area contributed by atoms with Gasteiger partial charge in [-0.25, -0.2) is 0 Å². The number of hydrogen-bond donors (Lipinski definition) is 4. The van der Waals surface area contributed by atoms with Crippen molar-refractivity contribution in [1.29, 1.82) is 0 Å². The minimum absolute atomic E-state index is 0.0364. The number of nitrogens with zero attached hydrogens (tertiary/aromatic N) is 1. The van der Waals surface area contributed by atoms with Crippen molar-refractivity contribution in [3.63, 3.8) is 0 Å². The van der Waals surface area contributed by atoms with Gasteiger partial charge in [-0.3, -0.25) is 14.4 Å². The highest BCUT2D eigenvalue weighted by Crippen LogP contribution is 2.13. The summed E-state index contributed by atoms with van der Waals surface area (Å²) in [7, 11) is 3.21. The van der Waals surface area contributed by atoms with Gasteiger partial charge in [0.2, 0.25) is 5.43 Å². The molecule has 0 bridgehead atoms. The zero-order valence-corrected chi connectivity index (χ0v) is 13.5. The van der Waals surface area contributed by atoms with Gasteiger partial charge in [0.1, 0.15) is 11.6 Å². The molecular formula is C16H20N4O4. The van der Waals surface area contributed by atoms with Crippen LogP contribution in [0.3, 0.4) is 0 Å². The fraction of sp³-hybridized carbons (Fsp3) is 0.312. The first-order valence-electron chi connectivity index (χ1n) is 7.39. The Bertz CT molecular complexity index is 844. The van der Waals surface area contributed by atoms with Gasteiger partial charge in [0.25, 0.3) is 5.91 Å². The van der Waals surface area contributed by atoms with Crippen LogP contribution in [0, 0.1) is 0 Å². The maximum absolute atomic E-state index is 12.5. The predicted octanol–water partition coefficient (Wildman–Crippen LogP) is -0.600. The average Bonchev–Trinajstić information content (AvgIpc) is 2.57. The third-order valence-corrected chi connectivity index (χ3v) is 3.85. The molecule has 0 spiro atoms. The Morgan fingerprint density at radius 2 is 2.08 bits per heavy atom. The van der Waals surface area contributed by atoms with E-state index >= 15 is 0 Å². The van der Waals surface area contributed by atoms with Crippen molar-refractivity contribution in [2.75, 3.05) is 13.6 Å². The fourth-order valence-corrected chi connectivity index (χ4v) is 2.42. The molecule has 0 fully saturated rings. The highest BCUT2D eigenvalue weighted by molar-refractivity contribution is 5.97. The van der Waals surface area contributed by atoms with Crippen molar-refractivity contribution in [3.8, 4) is 0 Å². The van der Waals surface area contributed by atoms with Gasteiger partial charge in [-0.15, -0.1) is 0 Å². The van der Waals surface area contributed by atoms with Crippen LogP contribution in [0.25, 0.3) is 10.9 Å². The summed E-state index contributed by atoms with van der Waals surface area (Å²) >= 11 is 0. The topological polar surface area (TPSA) is 126 Å². The Hall–Kier alpha value is -2.71. The maximum atomic E-state index is 12.5. The second-order valence-electron chi connectivity index (χ2n) is 5.43. The summed E-state index contributed by atoms with van der Waals surface area (Å²) < 4.78 is 1.68. The number of carboxylic acids is 1. The number of aliphatic carboxylic acids is 1. The predicted molar refractivity (Wildman–Crippen MR) is 89.9 cm³/mol. The molecule has 128 valence electrons. The second kappa shape index (κ2) is 7.24. The largest absolute Gasteiger partial charge is 0.480 e. The monoisotopic (exact) mass is 332 g/mol. The first-order chi connectivity index (χ1) is 11.4. The zero-order chi connectivity index (χ0) is 17.9. The molecule has 0 saturated heterocycles. The number of nitrogens with one attached hydrogen (secondary N) is 2. The lowest BCUT2D eigenvalue weighted by Gasteiger charge is -2.13. The van der Waals surface area contributed by atoms with Crippen LogP contribution >= 0.6 is 0 Å². The van der Waals surface area contributed by atoms with Crippen molar-refractivity contribution in [1.82, 2.24) is 15.2 Å². The number of carbonyl (C=O) groups is 2. The number of aromatic nitrogens is 1. The smallest absolute Gasteiger partial charge is 0.322 e. The summed E-state index contributed by atoms with van der Waals surface area (Å²) in [6.07, 6.45) is 1.44. The average molecular weight is 332 g/mol. The Morgan fingerprint density at radius 1 is 1.38 bits per heavy atom. The van der Waals surface area contributed by atoms with Crippen LogP contribution in [0.15, 0.2) is 29.2 Å². The number of benzene rings is 1. The highest BCUT2D eigenvalue weighted by Gasteiger charge is 2.19. The van der Waals surface area contributed by atoms with Crippen LogP contribution in [0.5, 0.6) is 0 Å². The second-order valence-corrected chi connectivity index (χ2v) is 5.43. The van der Waals surface area contributed by atoms with E-state index in [9.17, 15) is 14.4 Å². The quantitative estimate of drug-likeness (QED) is 0.559. The van der Waals surface area contributed by atoms with Crippen molar-refractivity contribution >= 4 is 22.8 Å². The molecule has 0 radical (unpaired) electrons. The van der Waals surface area contributed by atoms with Gasteiger partial charge in [-0.2, -0.15) is 0 Å². The molecule has 1 atom stereocenters. The molecule has 1 heterocycles. The molecule has 0 aliphatic heterocycles. The number of hydrogen-bond acceptors (Lipinski definition) is 5. The van der Waals surface area contributed by atoms with Crippen LogP contribution < -0.4 is 21.8 Å². The molecule has 24 heavy (non-hydrogen) atoms. The van der Waals surface area contributed by atoms with Gasteiger partial charge in [-0.05, 0) is 24.7 Å². The van der Waals surface area contributed by atoms with Crippen LogP contribution in [-0.2, 0) is 18.4 Å². The van der Waals surface area contributed by atoms with Crippen molar-refractivity contribution in [2.24, 2.45) is 12.8 Å². The van der Waals surface area contributed by atoms with Crippen LogP contribution in [-0.4, -0.2) is 41.2 Å². The fourth-order valence-electron chi connectivity index (χ4n) is 2.42. The molecule has 8 heteroatoms. The lowest BCUT2D eigenvalue weighted by Crippen LogP contribution is -2.45. The van der Waals surface area contributed by atoms with E-state index in [0.29, 0.717) is 17.4 Å². The lowest BCUT2D eigenvalue weighted by molar-refractivity contribution is -0.139. The van der Waals surface area contributed by atoms with E-state index in [1.807, 2.05) is 0 Å². The van der Waals surface area contributed by atoms with E-state index in [-0.39, 0.29) is 12.1 Å². The molecule has 1 aromatic carbocycles. The number of aryl methyl sites for hydroxylation is 1. The summed E-state index contributed by atoms with van der Waals surface area (Å²) in [5.74, 6) is -1.69. The van der Waals surface area contributed by atoms with Gasteiger partial charge < -0.3 is 26.0 Å². The normalized spacial score (nSPS) is 12.1. The number of nitrogens with two attached hydrogens (primary N) is 1. The summed E-state index contributed by atoms with van der Waals surface area (Å²) in [6, 6.07) is 4.27. The molecule has 1 aromatic heterocycles. The molecular weight excluding hydrogens is 312 g/mol. The molecule has 5 N–H and O–H groups in total. The first-order valence-corrected chi connectivity index (χ1v) is 7.39. The SMILES string of the molecule is CN[C@@H](CNC(=O)c1cn(C)c2cc(CN)ccc2c1=O)C(=O)O. The standard InChI is InChI=1S/C16H20N4O4/c1-18-12(16(23)24)7-19-15(22)11-8-20(2)13-5-9(6-17)3-4-10(13)14(11)21/h3-5,8,12,18H,6-7,17H2,1-2H3,(H,19,22)(H,23,24)/t12-/m0/s1. The maximum Gasteiger partial charge on any atom is 0.322 e. The van der Waals surface area contributed by atoms with Crippen molar-refractivity contribution in [3.05, 3.63) is 45.7 Å².